The van der Waals surface area contributed by atoms with Gasteiger partial charge in [0.1, 0.15) is 18.2 Å². The highest BCUT2D eigenvalue weighted by atomic mass is 32.2. The number of ether oxygens (including phenoxy) is 1. The van der Waals surface area contributed by atoms with E-state index in [0.29, 0.717) is 30.4 Å². The number of para-hydroxylation sites is 1. The second kappa shape index (κ2) is 11.8. The Morgan fingerprint density at radius 1 is 1.28 bits per heavy atom. The number of amides is 1. The van der Waals surface area contributed by atoms with Crippen LogP contribution in [-0.2, 0) is 13.0 Å². The van der Waals surface area contributed by atoms with Crippen molar-refractivity contribution in [2.45, 2.75) is 38.4 Å². The van der Waals surface area contributed by atoms with Crippen LogP contribution in [0.5, 0.6) is 5.75 Å². The molecule has 1 aromatic carbocycles. The van der Waals surface area contributed by atoms with Gasteiger partial charge in [-0.05, 0) is 44.8 Å². The Balaban J connectivity index is 1.87. The Kier molecular flexibility index (Phi) is 9.47. The number of aryl methyl sites for hydroxylation is 1. The largest absolute Gasteiger partial charge is 0.491 e. The van der Waals surface area contributed by atoms with Crippen LogP contribution >= 0.6 is 11.8 Å². The fraction of sp³-hybridized carbons (Fsp3) is 0.571. The van der Waals surface area contributed by atoms with Gasteiger partial charge in [0.2, 0.25) is 0 Å². The van der Waals surface area contributed by atoms with E-state index in [1.165, 1.54) is 0 Å². The summed E-state index contributed by atoms with van der Waals surface area (Å²) in [5, 5.41) is 12.5. The number of carbonyl (C=O) groups is 1. The molecule has 0 atom stereocenters. The first-order valence-corrected chi connectivity index (χ1v) is 11.3. The van der Waals surface area contributed by atoms with E-state index in [1.54, 1.807) is 17.8 Å². The molecule has 8 heteroatoms. The predicted octanol–water partition coefficient (Wildman–Crippen LogP) is 2.96. The number of nitrogens with zero attached hydrogens (tertiary/aromatic N) is 4. The number of hydrogen-bond donors (Lipinski definition) is 1. The van der Waals surface area contributed by atoms with Crippen LogP contribution in [0.1, 0.15) is 36.5 Å². The smallest absolute Gasteiger partial charge is 0.255 e. The van der Waals surface area contributed by atoms with Gasteiger partial charge in [-0.25, -0.2) is 0 Å². The Labute approximate surface area is 178 Å². The maximum Gasteiger partial charge on any atom is 0.255 e. The Morgan fingerprint density at radius 3 is 2.72 bits per heavy atom. The van der Waals surface area contributed by atoms with Crippen LogP contribution in [0.2, 0.25) is 0 Å². The predicted molar refractivity (Wildman–Crippen MR) is 118 cm³/mol. The molecule has 160 valence electrons. The summed E-state index contributed by atoms with van der Waals surface area (Å²) in [4.78, 5) is 14.6. The minimum absolute atomic E-state index is 0.112. The van der Waals surface area contributed by atoms with E-state index in [-0.39, 0.29) is 5.91 Å². The summed E-state index contributed by atoms with van der Waals surface area (Å²) >= 11 is 1.61. The van der Waals surface area contributed by atoms with Crippen molar-refractivity contribution in [1.29, 1.82) is 0 Å². The molecule has 0 unspecified atom stereocenters. The van der Waals surface area contributed by atoms with Crippen molar-refractivity contribution in [2.75, 3.05) is 40.0 Å². The maximum atomic E-state index is 12.6. The molecule has 29 heavy (non-hydrogen) atoms. The lowest BCUT2D eigenvalue weighted by molar-refractivity contribution is 0.0948. The highest BCUT2D eigenvalue weighted by molar-refractivity contribution is 7.98. The van der Waals surface area contributed by atoms with Gasteiger partial charge in [-0.15, -0.1) is 10.2 Å². The van der Waals surface area contributed by atoms with E-state index in [4.69, 9.17) is 4.74 Å². The second-order valence-corrected chi connectivity index (χ2v) is 8.39. The van der Waals surface area contributed by atoms with Crippen molar-refractivity contribution in [2.24, 2.45) is 5.92 Å². The van der Waals surface area contributed by atoms with E-state index in [1.807, 2.05) is 43.5 Å². The van der Waals surface area contributed by atoms with Crippen LogP contribution in [0.15, 0.2) is 29.4 Å². The molecular formula is C21H33N5O2S. The average Bonchev–Trinajstić information content (AvgIpc) is 3.06. The number of benzene rings is 1. The molecular weight excluding hydrogens is 386 g/mol. The number of likely N-dealkylation sites (N-methyl/N-ethyl adjacent to an activating group) is 1. The lowest BCUT2D eigenvalue weighted by atomic mass is 10.2. The molecule has 0 radical (unpaired) electrons. The SMILES string of the molecule is CSc1nnc(CCCNC(=O)c2ccccc2OCCN(C)C)n1CC(C)C. The van der Waals surface area contributed by atoms with Crippen molar-refractivity contribution in [3.05, 3.63) is 35.7 Å². The van der Waals surface area contributed by atoms with E-state index < -0.39 is 0 Å². The van der Waals surface area contributed by atoms with Gasteiger partial charge in [0, 0.05) is 26.1 Å². The quantitative estimate of drug-likeness (QED) is 0.421. The van der Waals surface area contributed by atoms with Crippen molar-refractivity contribution < 1.29 is 9.53 Å². The number of rotatable bonds is 12. The maximum absolute atomic E-state index is 12.6. The minimum Gasteiger partial charge on any atom is -0.491 e. The fourth-order valence-corrected chi connectivity index (χ4v) is 3.39. The molecule has 0 aliphatic carbocycles. The van der Waals surface area contributed by atoms with E-state index in [2.05, 4.69) is 33.9 Å². The molecule has 0 saturated carbocycles. The molecule has 0 bridgehead atoms. The summed E-state index contributed by atoms with van der Waals surface area (Å²) in [6, 6.07) is 7.37. The topological polar surface area (TPSA) is 72.3 Å². The molecule has 1 aromatic heterocycles. The molecule has 1 heterocycles. The Morgan fingerprint density at radius 2 is 2.03 bits per heavy atom. The Hall–Kier alpha value is -2.06. The first-order valence-electron chi connectivity index (χ1n) is 10.0. The third-order valence-corrected chi connectivity index (χ3v) is 4.98. The van der Waals surface area contributed by atoms with Gasteiger partial charge < -0.3 is 19.5 Å². The van der Waals surface area contributed by atoms with Gasteiger partial charge in [0.15, 0.2) is 5.16 Å². The van der Waals surface area contributed by atoms with Crippen LogP contribution < -0.4 is 10.1 Å². The van der Waals surface area contributed by atoms with Gasteiger partial charge in [-0.1, -0.05) is 37.7 Å². The molecule has 1 N–H and O–H groups in total. The van der Waals surface area contributed by atoms with Gasteiger partial charge in [0.25, 0.3) is 5.91 Å². The molecule has 2 rings (SSSR count). The van der Waals surface area contributed by atoms with Crippen LogP contribution in [0.3, 0.4) is 0 Å². The van der Waals surface area contributed by atoms with Gasteiger partial charge in [-0.2, -0.15) is 0 Å². The number of hydrogen-bond acceptors (Lipinski definition) is 6. The van der Waals surface area contributed by atoms with Crippen molar-refractivity contribution >= 4 is 17.7 Å². The van der Waals surface area contributed by atoms with E-state index in [9.17, 15) is 4.79 Å². The van der Waals surface area contributed by atoms with Gasteiger partial charge in [0.05, 0.1) is 5.56 Å². The zero-order valence-corrected chi connectivity index (χ0v) is 19.0. The molecule has 0 fully saturated rings. The number of nitrogens with one attached hydrogen (secondary N) is 1. The molecule has 0 spiro atoms. The van der Waals surface area contributed by atoms with Crippen LogP contribution in [0.25, 0.3) is 0 Å². The third kappa shape index (κ3) is 7.36. The molecule has 7 nitrogen and oxygen atoms in total. The normalized spacial score (nSPS) is 11.3. The zero-order valence-electron chi connectivity index (χ0n) is 18.1. The van der Waals surface area contributed by atoms with E-state index in [0.717, 1.165) is 36.9 Å². The summed E-state index contributed by atoms with van der Waals surface area (Å²) < 4.78 is 7.97. The highest BCUT2D eigenvalue weighted by Crippen LogP contribution is 2.18. The standard InChI is InChI=1S/C21H33N5O2S/c1-16(2)15-26-19(23-24-21(26)29-5)11-8-12-22-20(27)17-9-6-7-10-18(17)28-14-13-25(3)4/h6-7,9-10,16H,8,11-15H2,1-5H3,(H,22,27). The van der Waals surface area contributed by atoms with Crippen molar-refractivity contribution in [3.63, 3.8) is 0 Å². The monoisotopic (exact) mass is 419 g/mol. The summed E-state index contributed by atoms with van der Waals surface area (Å²) in [5.41, 5.74) is 0.568. The Bertz CT molecular complexity index is 776. The summed E-state index contributed by atoms with van der Waals surface area (Å²) in [6.45, 7) is 7.19. The van der Waals surface area contributed by atoms with Gasteiger partial charge >= 0.3 is 0 Å². The lowest BCUT2D eigenvalue weighted by Gasteiger charge is -2.14. The molecule has 0 aliphatic rings. The fourth-order valence-electron chi connectivity index (χ4n) is 2.87. The number of thioether (sulfide) groups is 1. The van der Waals surface area contributed by atoms with Crippen molar-refractivity contribution in [1.82, 2.24) is 25.0 Å². The average molecular weight is 420 g/mol. The van der Waals surface area contributed by atoms with E-state index >= 15 is 0 Å². The minimum atomic E-state index is -0.112. The third-order valence-electron chi connectivity index (χ3n) is 4.31. The van der Waals surface area contributed by atoms with Crippen LogP contribution in [0, 0.1) is 5.92 Å². The first-order chi connectivity index (χ1) is 13.9. The zero-order chi connectivity index (χ0) is 21.2. The molecule has 1 amide bonds. The highest BCUT2D eigenvalue weighted by Gasteiger charge is 2.14. The second-order valence-electron chi connectivity index (χ2n) is 7.61. The van der Waals surface area contributed by atoms with Crippen LogP contribution in [0.4, 0.5) is 0 Å². The summed E-state index contributed by atoms with van der Waals surface area (Å²) in [5.74, 6) is 2.01. The van der Waals surface area contributed by atoms with Crippen LogP contribution in [-0.4, -0.2) is 65.6 Å². The lowest BCUT2D eigenvalue weighted by Crippen LogP contribution is -2.26. The molecule has 0 aliphatic heterocycles. The number of aromatic nitrogens is 3. The van der Waals surface area contributed by atoms with Gasteiger partial charge in [-0.3, -0.25) is 4.79 Å². The number of carbonyl (C=O) groups excluding carboxylic acids is 1. The molecule has 0 saturated heterocycles. The summed E-state index contributed by atoms with van der Waals surface area (Å²) in [6.07, 6.45) is 3.60. The first kappa shape index (κ1) is 23.2. The van der Waals surface area contributed by atoms with Crippen molar-refractivity contribution in [3.8, 4) is 5.75 Å². The summed E-state index contributed by atoms with van der Waals surface area (Å²) in [7, 11) is 3.98. The molecule has 2 aromatic rings.